The summed E-state index contributed by atoms with van der Waals surface area (Å²) in [6.07, 6.45) is 1.18. The van der Waals surface area contributed by atoms with Gasteiger partial charge in [0.05, 0.1) is 17.7 Å². The maximum Gasteiger partial charge on any atom is 0.270 e. The number of amides is 1. The van der Waals surface area contributed by atoms with E-state index >= 15 is 0 Å². The Hall–Kier alpha value is -2.52. The number of hydrogen-bond acceptors (Lipinski definition) is 7. The number of likely N-dealkylation sites (N-methyl/N-ethyl adjacent to an activating group) is 1. The maximum absolute atomic E-state index is 11.8. The van der Waals surface area contributed by atoms with Gasteiger partial charge in [-0.05, 0) is 13.1 Å². The molecular weight excluding hydrogens is 302 g/mol. The van der Waals surface area contributed by atoms with Crippen molar-refractivity contribution >= 4 is 17.8 Å². The second-order valence-electron chi connectivity index (χ2n) is 5.37. The third kappa shape index (κ3) is 5.01. The van der Waals surface area contributed by atoms with Crippen molar-refractivity contribution in [3.63, 3.8) is 0 Å². The molecule has 1 amide bonds. The van der Waals surface area contributed by atoms with Gasteiger partial charge in [0.15, 0.2) is 0 Å². The summed E-state index contributed by atoms with van der Waals surface area (Å²) < 4.78 is 0. The summed E-state index contributed by atoms with van der Waals surface area (Å²) in [4.78, 5) is 26.1. The van der Waals surface area contributed by atoms with Crippen LogP contribution in [-0.2, 0) is 4.79 Å². The molecule has 9 nitrogen and oxygen atoms in total. The Kier molecular flexibility index (Phi) is 5.61. The van der Waals surface area contributed by atoms with Crippen molar-refractivity contribution in [3.05, 3.63) is 33.9 Å². The lowest BCUT2D eigenvalue weighted by molar-refractivity contribution is -0.384. The fraction of sp³-hybridized carbons (Fsp3) is 0.429. The highest BCUT2D eigenvalue weighted by Gasteiger charge is 2.16. The van der Waals surface area contributed by atoms with Crippen LogP contribution in [0.5, 0.6) is 5.75 Å². The molecule has 0 saturated carbocycles. The first kappa shape index (κ1) is 16.8. The number of nitrogens with zero attached hydrogens (tertiary/aromatic N) is 4. The predicted molar refractivity (Wildman–Crippen MR) is 84.4 cm³/mol. The minimum absolute atomic E-state index is 0.146. The molecule has 1 aromatic carbocycles. The number of nitro groups is 1. The number of carbonyl (C=O) groups excluding carboxylic acids is 1. The Morgan fingerprint density at radius 2 is 2.13 bits per heavy atom. The summed E-state index contributed by atoms with van der Waals surface area (Å²) in [6.45, 7) is 3.71. The number of non-ortho nitro benzene ring substituents is 1. The van der Waals surface area contributed by atoms with Crippen molar-refractivity contribution in [2.24, 2.45) is 5.10 Å². The molecule has 0 unspecified atom stereocenters. The van der Waals surface area contributed by atoms with E-state index in [-0.39, 0.29) is 29.5 Å². The standard InChI is InChI=1S/C14H19N5O4/c1-17-4-6-18(7-5-17)10-14(21)16-15-9-11-8-12(19(22)23)2-3-13(11)20/h2-3,8-9,20H,4-7,10H2,1H3,(H,16,21)/b15-9-. The number of carbonyl (C=O) groups is 1. The number of nitrogens with one attached hydrogen (secondary N) is 1. The number of phenolic OH excluding ortho intramolecular Hbond substituents is 1. The van der Waals surface area contributed by atoms with Crippen molar-refractivity contribution in [2.75, 3.05) is 39.8 Å². The van der Waals surface area contributed by atoms with Crippen molar-refractivity contribution in [3.8, 4) is 5.75 Å². The van der Waals surface area contributed by atoms with Crippen LogP contribution in [0.2, 0.25) is 0 Å². The molecule has 1 aliphatic heterocycles. The average molecular weight is 321 g/mol. The molecule has 124 valence electrons. The maximum atomic E-state index is 11.8. The average Bonchev–Trinajstić information content (AvgIpc) is 2.51. The highest BCUT2D eigenvalue weighted by atomic mass is 16.6. The van der Waals surface area contributed by atoms with Gasteiger partial charge in [0.2, 0.25) is 0 Å². The van der Waals surface area contributed by atoms with E-state index in [4.69, 9.17) is 0 Å². The smallest absolute Gasteiger partial charge is 0.270 e. The van der Waals surface area contributed by atoms with Gasteiger partial charge in [0, 0.05) is 43.9 Å². The first-order valence-corrected chi connectivity index (χ1v) is 7.16. The first-order valence-electron chi connectivity index (χ1n) is 7.16. The molecule has 0 bridgehead atoms. The number of piperazine rings is 1. The molecule has 0 radical (unpaired) electrons. The molecular formula is C14H19N5O4. The predicted octanol–water partition coefficient (Wildman–Crippen LogP) is -0.00210. The SMILES string of the molecule is CN1CCN(CC(=O)N/N=C\c2cc([N+](=O)[O-])ccc2O)CC1. The van der Waals surface area contributed by atoms with Crippen LogP contribution < -0.4 is 5.43 Å². The van der Waals surface area contributed by atoms with Gasteiger partial charge in [-0.2, -0.15) is 5.10 Å². The van der Waals surface area contributed by atoms with Crippen LogP contribution >= 0.6 is 0 Å². The molecule has 23 heavy (non-hydrogen) atoms. The molecule has 0 spiro atoms. The quantitative estimate of drug-likeness (QED) is 0.448. The Bertz CT molecular complexity index is 611. The van der Waals surface area contributed by atoms with Crippen molar-refractivity contribution in [1.29, 1.82) is 0 Å². The van der Waals surface area contributed by atoms with E-state index in [2.05, 4.69) is 15.4 Å². The topological polar surface area (TPSA) is 111 Å². The molecule has 0 atom stereocenters. The molecule has 2 N–H and O–H groups in total. The molecule has 1 saturated heterocycles. The zero-order valence-corrected chi connectivity index (χ0v) is 12.8. The van der Waals surface area contributed by atoms with Gasteiger partial charge < -0.3 is 10.0 Å². The molecule has 0 aromatic heterocycles. The third-order valence-corrected chi connectivity index (χ3v) is 3.58. The number of phenols is 1. The Morgan fingerprint density at radius 3 is 2.78 bits per heavy atom. The normalized spacial score (nSPS) is 16.6. The summed E-state index contributed by atoms with van der Waals surface area (Å²) in [7, 11) is 2.03. The minimum Gasteiger partial charge on any atom is -0.507 e. The van der Waals surface area contributed by atoms with Crippen molar-refractivity contribution < 1.29 is 14.8 Å². The number of rotatable bonds is 5. The Balaban J connectivity index is 1.87. The number of aromatic hydroxyl groups is 1. The molecule has 9 heteroatoms. The van der Waals surface area contributed by atoms with E-state index in [1.54, 1.807) is 0 Å². The second kappa shape index (κ2) is 7.65. The summed E-state index contributed by atoms with van der Waals surface area (Å²) >= 11 is 0. The van der Waals surface area contributed by atoms with Crippen LogP contribution in [-0.4, -0.2) is 71.7 Å². The number of nitro benzene ring substituents is 1. The lowest BCUT2D eigenvalue weighted by Gasteiger charge is -2.31. The fourth-order valence-electron chi connectivity index (χ4n) is 2.18. The van der Waals surface area contributed by atoms with Crippen molar-refractivity contribution in [1.82, 2.24) is 15.2 Å². The van der Waals surface area contributed by atoms with Gasteiger partial charge in [-0.15, -0.1) is 0 Å². The lowest BCUT2D eigenvalue weighted by Crippen LogP contribution is -2.47. The molecule has 1 heterocycles. The van der Waals surface area contributed by atoms with E-state index in [0.29, 0.717) is 0 Å². The molecule has 2 rings (SSSR count). The Labute approximate surface area is 133 Å². The summed E-state index contributed by atoms with van der Waals surface area (Å²) in [6, 6.07) is 3.59. The van der Waals surface area contributed by atoms with Gasteiger partial charge in [-0.3, -0.25) is 19.8 Å². The van der Waals surface area contributed by atoms with Gasteiger partial charge in [0.25, 0.3) is 11.6 Å². The summed E-state index contributed by atoms with van der Waals surface area (Å²) in [5, 5.41) is 24.1. The van der Waals surface area contributed by atoms with Gasteiger partial charge in [0.1, 0.15) is 5.75 Å². The lowest BCUT2D eigenvalue weighted by atomic mass is 10.2. The van der Waals surface area contributed by atoms with Crippen LogP contribution in [0.25, 0.3) is 0 Å². The number of hydrazone groups is 1. The van der Waals surface area contributed by atoms with Crippen LogP contribution in [0.4, 0.5) is 5.69 Å². The van der Waals surface area contributed by atoms with Gasteiger partial charge >= 0.3 is 0 Å². The minimum atomic E-state index is -0.567. The summed E-state index contributed by atoms with van der Waals surface area (Å²) in [5.41, 5.74) is 2.37. The fourth-order valence-corrected chi connectivity index (χ4v) is 2.18. The molecule has 1 aromatic rings. The summed E-state index contributed by atoms with van der Waals surface area (Å²) in [5.74, 6) is -0.414. The highest BCUT2D eigenvalue weighted by Crippen LogP contribution is 2.21. The van der Waals surface area contributed by atoms with Crippen LogP contribution in [0, 0.1) is 10.1 Å². The monoisotopic (exact) mass is 321 g/mol. The number of benzene rings is 1. The third-order valence-electron chi connectivity index (χ3n) is 3.58. The highest BCUT2D eigenvalue weighted by molar-refractivity contribution is 5.86. The van der Waals surface area contributed by atoms with E-state index < -0.39 is 4.92 Å². The van der Waals surface area contributed by atoms with Gasteiger partial charge in [-0.1, -0.05) is 0 Å². The number of hydrogen-bond donors (Lipinski definition) is 2. The van der Waals surface area contributed by atoms with E-state index in [1.165, 1.54) is 24.4 Å². The van der Waals surface area contributed by atoms with Crippen LogP contribution in [0.15, 0.2) is 23.3 Å². The second-order valence-corrected chi connectivity index (χ2v) is 5.37. The van der Waals surface area contributed by atoms with Crippen LogP contribution in [0.1, 0.15) is 5.56 Å². The van der Waals surface area contributed by atoms with E-state index in [9.17, 15) is 20.0 Å². The molecule has 1 aliphatic rings. The zero-order chi connectivity index (χ0) is 16.8. The molecule has 1 fully saturated rings. The van der Waals surface area contributed by atoms with E-state index in [0.717, 1.165) is 26.2 Å². The first-order chi connectivity index (χ1) is 11.0. The Morgan fingerprint density at radius 1 is 1.43 bits per heavy atom. The largest absolute Gasteiger partial charge is 0.507 e. The van der Waals surface area contributed by atoms with Gasteiger partial charge in [-0.25, -0.2) is 5.43 Å². The molecule has 0 aliphatic carbocycles. The van der Waals surface area contributed by atoms with Crippen LogP contribution in [0.3, 0.4) is 0 Å². The zero-order valence-electron chi connectivity index (χ0n) is 12.8. The van der Waals surface area contributed by atoms with E-state index in [1.807, 2.05) is 11.9 Å². The van der Waals surface area contributed by atoms with Crippen molar-refractivity contribution in [2.45, 2.75) is 0 Å².